The first-order valence-electron chi connectivity index (χ1n) is 16.8. The van der Waals surface area contributed by atoms with E-state index in [9.17, 15) is 9.59 Å². The molecule has 268 valence electrons. The summed E-state index contributed by atoms with van der Waals surface area (Å²) in [5.41, 5.74) is 3.54. The maximum absolute atomic E-state index is 13.2. The summed E-state index contributed by atoms with van der Waals surface area (Å²) in [5, 5.41) is 1.10. The molecule has 3 aromatic rings. The second-order valence-corrected chi connectivity index (χ2v) is 13.6. The lowest BCUT2D eigenvalue weighted by molar-refractivity contribution is -0.0951. The smallest absolute Gasteiger partial charge is 0.342 e. The molecule has 11 heteroatoms. The summed E-state index contributed by atoms with van der Waals surface area (Å²) in [6.07, 6.45) is 8.87. The van der Waals surface area contributed by atoms with E-state index >= 15 is 0 Å². The SMILES string of the molecule is CCCCCCc1ccc(N(CC(OC)OC(=O)c2cc(Cl)ccc2Cl)CC(OC)OC(=O)c2cc(Cl)ccc2Cl)c(CCCCCC)c1. The van der Waals surface area contributed by atoms with Gasteiger partial charge in [0.1, 0.15) is 0 Å². The van der Waals surface area contributed by atoms with Crippen LogP contribution in [-0.4, -0.2) is 51.8 Å². The number of ether oxygens (including phenoxy) is 4. The zero-order valence-electron chi connectivity index (χ0n) is 28.7. The Morgan fingerprint density at radius 1 is 0.633 bits per heavy atom. The van der Waals surface area contributed by atoms with E-state index in [0.29, 0.717) is 10.0 Å². The lowest BCUT2D eigenvalue weighted by Gasteiger charge is -2.33. The molecular weight excluding hydrogens is 708 g/mol. The number of benzene rings is 3. The summed E-state index contributed by atoms with van der Waals surface area (Å²) in [6.45, 7) is 4.58. The predicted molar refractivity (Wildman–Crippen MR) is 200 cm³/mol. The summed E-state index contributed by atoms with van der Waals surface area (Å²) in [7, 11) is 2.91. The van der Waals surface area contributed by atoms with Crippen LogP contribution < -0.4 is 4.90 Å². The van der Waals surface area contributed by atoms with Gasteiger partial charge in [0.15, 0.2) is 0 Å². The van der Waals surface area contributed by atoms with E-state index in [0.717, 1.165) is 56.2 Å². The van der Waals surface area contributed by atoms with Gasteiger partial charge >= 0.3 is 11.9 Å². The summed E-state index contributed by atoms with van der Waals surface area (Å²) in [5.74, 6) is -1.38. The zero-order valence-corrected chi connectivity index (χ0v) is 31.8. The summed E-state index contributed by atoms with van der Waals surface area (Å²) in [4.78, 5) is 28.4. The van der Waals surface area contributed by atoms with E-state index in [1.807, 2.05) is 4.90 Å². The highest BCUT2D eigenvalue weighted by atomic mass is 35.5. The molecule has 0 spiro atoms. The molecule has 0 bridgehead atoms. The summed E-state index contributed by atoms with van der Waals surface area (Å²) in [6, 6.07) is 15.6. The zero-order chi connectivity index (χ0) is 35.8. The monoisotopic (exact) mass is 753 g/mol. The standard InChI is InChI=1S/C38H47Cl4NO6/c1-5-7-9-11-13-26-15-20-34(27(21-26)14-12-10-8-6-2)43(24-35(46-3)48-37(44)30-22-28(39)16-18-32(30)41)25-36(47-4)49-38(45)31-23-29(40)17-19-33(31)42/h15-23,35-36H,5-14,24-25H2,1-4H3. The van der Waals surface area contributed by atoms with E-state index in [1.54, 1.807) is 12.1 Å². The molecule has 3 aromatic carbocycles. The van der Waals surface area contributed by atoms with E-state index in [-0.39, 0.29) is 34.3 Å². The van der Waals surface area contributed by atoms with Crippen molar-refractivity contribution in [3.63, 3.8) is 0 Å². The molecule has 0 radical (unpaired) electrons. The third kappa shape index (κ3) is 13.3. The van der Waals surface area contributed by atoms with Crippen LogP contribution in [0.2, 0.25) is 20.1 Å². The fourth-order valence-corrected chi connectivity index (χ4v) is 6.16. The van der Waals surface area contributed by atoms with Gasteiger partial charge in [0, 0.05) is 30.0 Å². The highest BCUT2D eigenvalue weighted by molar-refractivity contribution is 6.36. The van der Waals surface area contributed by atoms with Crippen LogP contribution in [0.3, 0.4) is 0 Å². The van der Waals surface area contributed by atoms with Gasteiger partial charge in [-0.3, -0.25) is 0 Å². The molecule has 0 heterocycles. The summed E-state index contributed by atoms with van der Waals surface area (Å²) >= 11 is 24.9. The summed E-state index contributed by atoms with van der Waals surface area (Å²) < 4.78 is 22.9. The van der Waals surface area contributed by atoms with Crippen molar-refractivity contribution in [2.24, 2.45) is 0 Å². The van der Waals surface area contributed by atoms with Crippen molar-refractivity contribution in [2.45, 2.75) is 90.6 Å². The number of hydrogen-bond acceptors (Lipinski definition) is 7. The van der Waals surface area contributed by atoms with Crippen molar-refractivity contribution in [1.29, 1.82) is 0 Å². The van der Waals surface area contributed by atoms with Crippen molar-refractivity contribution < 1.29 is 28.5 Å². The molecule has 0 N–H and O–H groups in total. The number of unbranched alkanes of at least 4 members (excludes halogenated alkanes) is 6. The lowest BCUT2D eigenvalue weighted by atomic mass is 9.98. The first-order chi connectivity index (χ1) is 23.6. The Labute approximate surface area is 311 Å². The largest absolute Gasteiger partial charge is 0.430 e. The second-order valence-electron chi connectivity index (χ2n) is 11.9. The van der Waals surface area contributed by atoms with Gasteiger partial charge in [0.05, 0.1) is 34.3 Å². The molecule has 0 fully saturated rings. The Balaban J connectivity index is 1.96. The highest BCUT2D eigenvalue weighted by Crippen LogP contribution is 2.29. The van der Waals surface area contributed by atoms with Crippen molar-refractivity contribution in [3.05, 3.63) is 96.9 Å². The van der Waals surface area contributed by atoms with E-state index < -0.39 is 24.5 Å². The molecule has 0 saturated carbocycles. The maximum atomic E-state index is 13.2. The number of methoxy groups -OCH3 is 2. The van der Waals surface area contributed by atoms with Gasteiger partial charge in [-0.05, 0) is 79.3 Å². The van der Waals surface area contributed by atoms with Crippen molar-refractivity contribution in [1.82, 2.24) is 0 Å². The van der Waals surface area contributed by atoms with Gasteiger partial charge in [-0.1, -0.05) is 111 Å². The number of rotatable bonds is 21. The normalized spacial score (nSPS) is 12.4. The molecule has 49 heavy (non-hydrogen) atoms. The molecule has 0 aliphatic heterocycles. The molecule has 3 rings (SSSR count). The van der Waals surface area contributed by atoms with Crippen molar-refractivity contribution in [3.8, 4) is 0 Å². The van der Waals surface area contributed by atoms with Crippen LogP contribution in [0.25, 0.3) is 0 Å². The number of halogens is 4. The minimum atomic E-state index is -1.03. The lowest BCUT2D eigenvalue weighted by Crippen LogP contribution is -2.43. The van der Waals surface area contributed by atoms with Crippen molar-refractivity contribution in [2.75, 3.05) is 32.2 Å². The average Bonchev–Trinajstić information content (AvgIpc) is 3.09. The molecule has 0 saturated heterocycles. The van der Waals surface area contributed by atoms with Crippen LogP contribution in [0, 0.1) is 0 Å². The van der Waals surface area contributed by atoms with Gasteiger partial charge in [-0.2, -0.15) is 0 Å². The van der Waals surface area contributed by atoms with Gasteiger partial charge < -0.3 is 23.8 Å². The van der Waals surface area contributed by atoms with Crippen LogP contribution in [0.15, 0.2) is 54.6 Å². The number of nitrogens with zero attached hydrogens (tertiary/aromatic N) is 1. The Hall–Kier alpha value is -2.52. The fraction of sp³-hybridized carbons (Fsp3) is 0.474. The Morgan fingerprint density at radius 3 is 1.59 bits per heavy atom. The van der Waals surface area contributed by atoms with E-state index in [1.165, 1.54) is 63.3 Å². The Kier molecular flexibility index (Phi) is 18.1. The third-order valence-corrected chi connectivity index (χ3v) is 9.27. The second kappa shape index (κ2) is 21.6. The minimum Gasteiger partial charge on any atom is -0.430 e. The van der Waals surface area contributed by atoms with Crippen molar-refractivity contribution >= 4 is 64.0 Å². The van der Waals surface area contributed by atoms with Crippen LogP contribution in [-0.2, 0) is 31.8 Å². The van der Waals surface area contributed by atoms with Crippen LogP contribution in [0.5, 0.6) is 0 Å². The fourth-order valence-electron chi connectivity index (χ4n) is 5.43. The maximum Gasteiger partial charge on any atom is 0.342 e. The third-order valence-electron chi connectivity index (χ3n) is 8.14. The molecule has 0 aliphatic carbocycles. The average molecular weight is 756 g/mol. The van der Waals surface area contributed by atoms with Crippen LogP contribution in [0.1, 0.15) is 97.1 Å². The van der Waals surface area contributed by atoms with Gasteiger partial charge in [-0.15, -0.1) is 0 Å². The molecule has 0 aromatic heterocycles. The predicted octanol–water partition coefficient (Wildman–Crippen LogP) is 11.0. The number of anilines is 1. The molecule has 0 amide bonds. The Bertz CT molecular complexity index is 1430. The topological polar surface area (TPSA) is 74.3 Å². The van der Waals surface area contributed by atoms with E-state index in [2.05, 4.69) is 32.0 Å². The number of carbonyl (C=O) groups is 2. The van der Waals surface area contributed by atoms with Gasteiger partial charge in [0.2, 0.25) is 12.6 Å². The molecule has 7 nitrogen and oxygen atoms in total. The molecule has 2 atom stereocenters. The number of carbonyl (C=O) groups excluding carboxylic acids is 2. The van der Waals surface area contributed by atoms with E-state index in [4.69, 9.17) is 65.4 Å². The van der Waals surface area contributed by atoms with Gasteiger partial charge in [-0.25, -0.2) is 9.59 Å². The minimum absolute atomic E-state index is 0.0908. The highest BCUT2D eigenvalue weighted by Gasteiger charge is 2.27. The Morgan fingerprint density at radius 2 is 1.12 bits per heavy atom. The first-order valence-corrected chi connectivity index (χ1v) is 18.4. The molecule has 2 unspecified atom stereocenters. The quantitative estimate of drug-likeness (QED) is 0.0609. The molecule has 0 aliphatic rings. The van der Waals surface area contributed by atoms with Crippen LogP contribution >= 0.6 is 46.4 Å². The van der Waals surface area contributed by atoms with Gasteiger partial charge in [0.25, 0.3) is 0 Å². The first kappa shape index (κ1) is 40.9. The number of aryl methyl sites for hydroxylation is 2. The van der Waals surface area contributed by atoms with Crippen LogP contribution in [0.4, 0.5) is 5.69 Å². The number of esters is 2. The number of hydrogen-bond donors (Lipinski definition) is 0. The molecular formula is C38H47Cl4NO6.